The molecule has 3 aromatic rings. The number of carbonyl (C=O) groups is 1. The smallest absolute Gasteiger partial charge is 0.261 e. The molecular formula is C21H17N3O3S. The number of nitriles is 1. The summed E-state index contributed by atoms with van der Waals surface area (Å²) in [4.78, 5) is 12.4. The Balaban J connectivity index is 1.84. The number of benzene rings is 3. The van der Waals surface area contributed by atoms with E-state index in [0.29, 0.717) is 5.69 Å². The largest absolute Gasteiger partial charge is 0.322 e. The summed E-state index contributed by atoms with van der Waals surface area (Å²) < 4.78 is 27.8. The summed E-state index contributed by atoms with van der Waals surface area (Å²) in [6.07, 6.45) is 0. The van der Waals surface area contributed by atoms with Crippen LogP contribution >= 0.6 is 0 Å². The number of para-hydroxylation sites is 1. The summed E-state index contributed by atoms with van der Waals surface area (Å²) in [6.45, 7) is 1.94. The van der Waals surface area contributed by atoms with Crippen LogP contribution in [0.2, 0.25) is 0 Å². The Labute approximate surface area is 163 Å². The minimum absolute atomic E-state index is 0.0724. The molecule has 140 valence electrons. The highest BCUT2D eigenvalue weighted by molar-refractivity contribution is 7.92. The highest BCUT2D eigenvalue weighted by Crippen LogP contribution is 2.20. The number of sulfonamides is 1. The number of carbonyl (C=O) groups excluding carboxylic acids is 1. The van der Waals surface area contributed by atoms with Gasteiger partial charge < -0.3 is 5.32 Å². The Bertz CT molecular complexity index is 1160. The van der Waals surface area contributed by atoms with Gasteiger partial charge in [0.05, 0.1) is 16.1 Å². The summed E-state index contributed by atoms with van der Waals surface area (Å²) in [5, 5.41) is 11.9. The molecule has 0 aliphatic carbocycles. The average Bonchev–Trinajstić information content (AvgIpc) is 2.70. The van der Waals surface area contributed by atoms with Crippen molar-refractivity contribution in [3.05, 3.63) is 89.5 Å². The second-order valence-corrected chi connectivity index (χ2v) is 7.79. The SMILES string of the molecule is Cc1ccc(NC(=O)c2cccc(S(=O)(=O)Nc3ccccc3C#N)c2)cc1. The van der Waals surface area contributed by atoms with Crippen molar-refractivity contribution in [2.24, 2.45) is 0 Å². The van der Waals surface area contributed by atoms with Crippen molar-refractivity contribution in [1.82, 2.24) is 0 Å². The first-order valence-corrected chi connectivity index (χ1v) is 9.87. The highest BCUT2D eigenvalue weighted by Gasteiger charge is 2.18. The third-order valence-electron chi connectivity index (χ3n) is 4.01. The van der Waals surface area contributed by atoms with E-state index in [-0.39, 0.29) is 21.7 Å². The molecule has 3 rings (SSSR count). The van der Waals surface area contributed by atoms with Crippen LogP contribution < -0.4 is 10.0 Å². The summed E-state index contributed by atoms with van der Waals surface area (Å²) in [7, 11) is -3.96. The second kappa shape index (κ2) is 7.94. The van der Waals surface area contributed by atoms with Gasteiger partial charge in [0.1, 0.15) is 6.07 Å². The van der Waals surface area contributed by atoms with Crippen LogP contribution in [-0.2, 0) is 10.0 Å². The molecule has 7 heteroatoms. The number of rotatable bonds is 5. The Morgan fingerprint density at radius 3 is 2.39 bits per heavy atom. The molecule has 0 atom stereocenters. The van der Waals surface area contributed by atoms with E-state index in [1.807, 2.05) is 25.1 Å². The van der Waals surface area contributed by atoms with Gasteiger partial charge in [0.25, 0.3) is 15.9 Å². The van der Waals surface area contributed by atoms with Gasteiger partial charge >= 0.3 is 0 Å². The second-order valence-electron chi connectivity index (χ2n) is 6.11. The van der Waals surface area contributed by atoms with Crippen LogP contribution in [0, 0.1) is 18.3 Å². The van der Waals surface area contributed by atoms with Gasteiger partial charge in [0, 0.05) is 11.3 Å². The number of amides is 1. The predicted molar refractivity (Wildman–Crippen MR) is 108 cm³/mol. The summed E-state index contributed by atoms with van der Waals surface area (Å²) in [5.74, 6) is -0.418. The number of nitrogens with one attached hydrogen (secondary N) is 2. The first-order valence-electron chi connectivity index (χ1n) is 8.39. The molecule has 0 aliphatic heterocycles. The molecule has 1 amide bonds. The van der Waals surface area contributed by atoms with E-state index in [0.717, 1.165) is 5.56 Å². The molecule has 0 unspecified atom stereocenters. The van der Waals surface area contributed by atoms with Crippen LogP contribution in [0.5, 0.6) is 0 Å². The van der Waals surface area contributed by atoms with E-state index < -0.39 is 15.9 Å². The number of hydrogen-bond acceptors (Lipinski definition) is 4. The van der Waals surface area contributed by atoms with Crippen LogP contribution in [0.3, 0.4) is 0 Å². The third kappa shape index (κ3) is 4.37. The molecule has 0 aliphatic rings. The zero-order valence-electron chi connectivity index (χ0n) is 15.0. The van der Waals surface area contributed by atoms with Crippen LogP contribution in [0.1, 0.15) is 21.5 Å². The van der Waals surface area contributed by atoms with Gasteiger partial charge in [-0.3, -0.25) is 9.52 Å². The third-order valence-corrected chi connectivity index (χ3v) is 5.37. The number of nitrogens with zero attached hydrogens (tertiary/aromatic N) is 1. The van der Waals surface area contributed by atoms with Crippen molar-refractivity contribution in [1.29, 1.82) is 5.26 Å². The van der Waals surface area contributed by atoms with E-state index >= 15 is 0 Å². The molecule has 0 heterocycles. The highest BCUT2D eigenvalue weighted by atomic mass is 32.2. The van der Waals surface area contributed by atoms with E-state index in [9.17, 15) is 13.2 Å². The number of anilines is 2. The number of hydrogen-bond donors (Lipinski definition) is 2. The quantitative estimate of drug-likeness (QED) is 0.688. The zero-order chi connectivity index (χ0) is 20.1. The fraction of sp³-hybridized carbons (Fsp3) is 0.0476. The van der Waals surface area contributed by atoms with Crippen molar-refractivity contribution in [3.8, 4) is 6.07 Å². The molecule has 0 radical (unpaired) electrons. The molecule has 0 saturated carbocycles. The van der Waals surface area contributed by atoms with E-state index in [1.54, 1.807) is 24.3 Å². The number of aryl methyl sites for hydroxylation is 1. The lowest BCUT2D eigenvalue weighted by molar-refractivity contribution is 0.102. The van der Waals surface area contributed by atoms with Crippen molar-refractivity contribution < 1.29 is 13.2 Å². The summed E-state index contributed by atoms with van der Waals surface area (Å²) in [6, 6.07) is 21.2. The Kier molecular flexibility index (Phi) is 5.43. The summed E-state index contributed by atoms with van der Waals surface area (Å²) in [5.41, 5.74) is 2.27. The molecule has 0 fully saturated rings. The minimum atomic E-state index is -3.96. The lowest BCUT2D eigenvalue weighted by Gasteiger charge is -2.11. The lowest BCUT2D eigenvalue weighted by Crippen LogP contribution is -2.16. The van der Waals surface area contributed by atoms with Gasteiger partial charge in [-0.15, -0.1) is 0 Å². The Morgan fingerprint density at radius 1 is 0.964 bits per heavy atom. The normalized spacial score (nSPS) is 10.7. The molecule has 6 nitrogen and oxygen atoms in total. The van der Waals surface area contributed by atoms with Gasteiger partial charge in [-0.05, 0) is 49.4 Å². The zero-order valence-corrected chi connectivity index (χ0v) is 15.8. The first-order chi connectivity index (χ1) is 13.4. The van der Waals surface area contributed by atoms with Crippen LogP contribution in [-0.4, -0.2) is 14.3 Å². The Morgan fingerprint density at radius 2 is 1.68 bits per heavy atom. The molecule has 2 N–H and O–H groups in total. The average molecular weight is 391 g/mol. The van der Waals surface area contributed by atoms with E-state index in [1.165, 1.54) is 36.4 Å². The van der Waals surface area contributed by atoms with Gasteiger partial charge in [-0.2, -0.15) is 5.26 Å². The lowest BCUT2D eigenvalue weighted by atomic mass is 10.2. The maximum atomic E-state index is 12.7. The maximum Gasteiger partial charge on any atom is 0.261 e. The van der Waals surface area contributed by atoms with Crippen LogP contribution in [0.25, 0.3) is 0 Å². The monoisotopic (exact) mass is 391 g/mol. The fourth-order valence-corrected chi connectivity index (χ4v) is 3.64. The first kappa shape index (κ1) is 19.1. The topological polar surface area (TPSA) is 99.1 Å². The minimum Gasteiger partial charge on any atom is -0.322 e. The van der Waals surface area contributed by atoms with E-state index in [4.69, 9.17) is 5.26 Å². The predicted octanol–water partition coefficient (Wildman–Crippen LogP) is 3.92. The van der Waals surface area contributed by atoms with Gasteiger partial charge in [0.2, 0.25) is 0 Å². The fourth-order valence-electron chi connectivity index (χ4n) is 2.52. The molecule has 0 saturated heterocycles. The van der Waals surface area contributed by atoms with Crippen LogP contribution in [0.15, 0.2) is 77.7 Å². The maximum absolute atomic E-state index is 12.7. The van der Waals surface area contributed by atoms with Crippen molar-refractivity contribution in [3.63, 3.8) is 0 Å². The van der Waals surface area contributed by atoms with Gasteiger partial charge in [-0.1, -0.05) is 35.9 Å². The van der Waals surface area contributed by atoms with E-state index in [2.05, 4.69) is 10.0 Å². The van der Waals surface area contributed by atoms with Crippen LogP contribution in [0.4, 0.5) is 11.4 Å². The molecule has 0 aromatic heterocycles. The van der Waals surface area contributed by atoms with Crippen molar-refractivity contribution in [2.45, 2.75) is 11.8 Å². The molecule has 3 aromatic carbocycles. The van der Waals surface area contributed by atoms with Gasteiger partial charge in [-0.25, -0.2) is 8.42 Å². The van der Waals surface area contributed by atoms with Gasteiger partial charge in [0.15, 0.2) is 0 Å². The molecular weight excluding hydrogens is 374 g/mol. The Hall–Kier alpha value is -3.63. The molecule has 0 spiro atoms. The molecule has 0 bridgehead atoms. The summed E-state index contributed by atoms with van der Waals surface area (Å²) >= 11 is 0. The van der Waals surface area contributed by atoms with Crippen molar-refractivity contribution >= 4 is 27.3 Å². The van der Waals surface area contributed by atoms with Crippen molar-refractivity contribution in [2.75, 3.05) is 10.0 Å². The molecule has 28 heavy (non-hydrogen) atoms. The standard InChI is InChI=1S/C21H17N3O3S/c1-15-9-11-18(12-10-15)23-21(25)16-6-4-7-19(13-16)28(26,27)24-20-8-3-2-5-17(20)14-22/h2-13,24H,1H3,(H,23,25).